The number of carboxylic acid groups (broad SMARTS) is 1. The normalized spacial score (nSPS) is 16.4. The first-order chi connectivity index (χ1) is 20.2. The van der Waals surface area contributed by atoms with Crippen LogP contribution < -0.4 is 10.6 Å². The summed E-state index contributed by atoms with van der Waals surface area (Å²) in [5.41, 5.74) is 7.77. The Labute approximate surface area is 251 Å². The highest BCUT2D eigenvalue weighted by molar-refractivity contribution is 7.80. The maximum atomic E-state index is 13.1. The molecule has 2 aromatic carbocycles. The lowest BCUT2D eigenvalue weighted by molar-refractivity contribution is -0.116. The summed E-state index contributed by atoms with van der Waals surface area (Å²) in [5.74, 6) is -1.05. The molecule has 42 heavy (non-hydrogen) atoms. The van der Waals surface area contributed by atoms with E-state index in [9.17, 15) is 14.7 Å². The van der Waals surface area contributed by atoms with E-state index in [0.29, 0.717) is 11.7 Å². The van der Waals surface area contributed by atoms with Crippen molar-refractivity contribution in [2.24, 2.45) is 0 Å². The van der Waals surface area contributed by atoms with Crippen molar-refractivity contribution in [1.29, 1.82) is 0 Å². The molecule has 1 fully saturated rings. The van der Waals surface area contributed by atoms with E-state index in [2.05, 4.69) is 38.1 Å². The maximum Gasteiger partial charge on any atom is 0.335 e. The molecule has 1 aliphatic rings. The summed E-state index contributed by atoms with van der Waals surface area (Å²) in [6, 6.07) is 20.5. The minimum atomic E-state index is -0.967. The zero-order valence-electron chi connectivity index (χ0n) is 24.2. The molecule has 4 aromatic rings. The molecule has 0 aliphatic carbocycles. The number of hydrogen-bond acceptors (Lipinski definition) is 4. The molecule has 0 unspecified atom stereocenters. The standard InChI is InChI=1S/C33H35N5O3S/c1-5-23-10-6-7-11-26(23)35-29(39)15-17-37-31(30(36-33(37)42)27-12-8-9-16-34-27)25-18-21(3)38(22(25)4)28-19-24(32(40)41)14-13-20(28)2/h6-14,16,18-19,30-31H,5,15,17H2,1-4H3,(H,35,39)(H,36,42)(H,40,41)/t30-,31-/m1/s1. The van der Waals surface area contributed by atoms with Crippen molar-refractivity contribution in [2.45, 2.75) is 52.6 Å². The summed E-state index contributed by atoms with van der Waals surface area (Å²) in [4.78, 5) is 31.6. The van der Waals surface area contributed by atoms with Crippen molar-refractivity contribution in [3.8, 4) is 5.69 Å². The Kier molecular flexibility index (Phi) is 8.40. The quantitative estimate of drug-likeness (QED) is 0.207. The number of benzene rings is 2. The topological polar surface area (TPSA) is 99.5 Å². The molecular weight excluding hydrogens is 546 g/mol. The molecule has 0 spiro atoms. The first-order valence-corrected chi connectivity index (χ1v) is 14.5. The molecule has 8 nitrogen and oxygen atoms in total. The van der Waals surface area contributed by atoms with Crippen LogP contribution in [0.25, 0.3) is 5.69 Å². The SMILES string of the molecule is CCc1ccccc1NC(=O)CCN1C(=S)N[C@H](c2ccccn2)[C@H]1c1cc(C)n(-c2cc(C(=O)O)ccc2C)c1C. The fourth-order valence-electron chi connectivity index (χ4n) is 5.81. The van der Waals surface area contributed by atoms with Crippen molar-refractivity contribution in [3.05, 3.63) is 112 Å². The van der Waals surface area contributed by atoms with E-state index < -0.39 is 5.97 Å². The molecule has 0 saturated carbocycles. The molecule has 0 bridgehead atoms. The number of aromatic carboxylic acids is 1. The van der Waals surface area contributed by atoms with Crippen molar-refractivity contribution in [3.63, 3.8) is 0 Å². The molecule has 9 heteroatoms. The molecule has 2 aromatic heterocycles. The average molecular weight is 582 g/mol. The van der Waals surface area contributed by atoms with Crippen molar-refractivity contribution in [1.82, 2.24) is 19.8 Å². The highest BCUT2D eigenvalue weighted by Gasteiger charge is 2.41. The Morgan fingerprint density at radius 3 is 2.52 bits per heavy atom. The van der Waals surface area contributed by atoms with Crippen LogP contribution in [0.2, 0.25) is 0 Å². The number of nitrogens with zero attached hydrogens (tertiary/aromatic N) is 3. The number of hydrogen-bond donors (Lipinski definition) is 3. The fraction of sp³-hybridized carbons (Fsp3) is 0.273. The van der Waals surface area contributed by atoms with E-state index in [1.165, 1.54) is 0 Å². The number of carbonyl (C=O) groups excluding carboxylic acids is 1. The Bertz CT molecular complexity index is 1650. The number of anilines is 1. The van der Waals surface area contributed by atoms with Crippen LogP contribution in [-0.4, -0.2) is 43.1 Å². The number of nitrogens with one attached hydrogen (secondary N) is 2. The second-order valence-electron chi connectivity index (χ2n) is 10.6. The molecule has 1 saturated heterocycles. The van der Waals surface area contributed by atoms with Crippen LogP contribution >= 0.6 is 12.2 Å². The molecule has 2 atom stereocenters. The Hall–Kier alpha value is -4.50. The fourth-order valence-corrected chi connectivity index (χ4v) is 6.14. The summed E-state index contributed by atoms with van der Waals surface area (Å²) in [5, 5.41) is 16.7. The number of para-hydroxylation sites is 1. The summed E-state index contributed by atoms with van der Waals surface area (Å²) in [6.45, 7) is 8.51. The summed E-state index contributed by atoms with van der Waals surface area (Å²) < 4.78 is 2.10. The second-order valence-corrected chi connectivity index (χ2v) is 11.0. The molecule has 0 radical (unpaired) electrons. The number of thiocarbonyl (C=S) groups is 1. The largest absolute Gasteiger partial charge is 0.478 e. The van der Waals surface area contributed by atoms with Gasteiger partial charge in [0.15, 0.2) is 5.11 Å². The minimum Gasteiger partial charge on any atom is -0.478 e. The van der Waals surface area contributed by atoms with Crippen LogP contribution in [0.3, 0.4) is 0 Å². The lowest BCUT2D eigenvalue weighted by atomic mass is 9.96. The predicted octanol–water partition coefficient (Wildman–Crippen LogP) is 6.06. The Morgan fingerprint density at radius 1 is 1.05 bits per heavy atom. The van der Waals surface area contributed by atoms with Gasteiger partial charge in [0.05, 0.1) is 23.3 Å². The van der Waals surface area contributed by atoms with Crippen molar-refractivity contribution < 1.29 is 14.7 Å². The second kappa shape index (κ2) is 12.2. The van der Waals surface area contributed by atoms with E-state index in [4.69, 9.17) is 12.2 Å². The highest BCUT2D eigenvalue weighted by Crippen LogP contribution is 2.41. The van der Waals surface area contributed by atoms with Gasteiger partial charge >= 0.3 is 5.97 Å². The minimum absolute atomic E-state index is 0.0784. The molecule has 3 N–H and O–H groups in total. The molecule has 216 valence electrons. The zero-order chi connectivity index (χ0) is 30.0. The van der Waals surface area contributed by atoms with Gasteiger partial charge in [0.25, 0.3) is 0 Å². The van der Waals surface area contributed by atoms with Crippen LogP contribution in [0.5, 0.6) is 0 Å². The van der Waals surface area contributed by atoms with E-state index in [1.807, 2.05) is 69.3 Å². The number of pyridine rings is 1. The van der Waals surface area contributed by atoms with Gasteiger partial charge in [-0.3, -0.25) is 9.78 Å². The summed E-state index contributed by atoms with van der Waals surface area (Å²) >= 11 is 5.84. The van der Waals surface area contributed by atoms with Crippen LogP contribution in [0, 0.1) is 20.8 Å². The number of carbonyl (C=O) groups is 2. The first kappa shape index (κ1) is 29.0. The monoisotopic (exact) mass is 581 g/mol. The van der Waals surface area contributed by atoms with Crippen LogP contribution in [0.4, 0.5) is 5.69 Å². The molecule has 1 amide bonds. The summed E-state index contributed by atoms with van der Waals surface area (Å²) in [7, 11) is 0. The number of amides is 1. The van der Waals surface area contributed by atoms with Gasteiger partial charge in [0.1, 0.15) is 0 Å². The number of aromatic nitrogens is 2. The van der Waals surface area contributed by atoms with Gasteiger partial charge in [-0.2, -0.15) is 0 Å². The first-order valence-electron chi connectivity index (χ1n) is 14.1. The lowest BCUT2D eigenvalue weighted by Gasteiger charge is -2.28. The van der Waals surface area contributed by atoms with Gasteiger partial charge in [-0.1, -0.05) is 37.3 Å². The van der Waals surface area contributed by atoms with E-state index in [0.717, 1.165) is 51.6 Å². The van der Waals surface area contributed by atoms with Gasteiger partial charge in [-0.15, -0.1) is 0 Å². The number of rotatable bonds is 9. The smallest absolute Gasteiger partial charge is 0.335 e. The summed E-state index contributed by atoms with van der Waals surface area (Å²) in [6.07, 6.45) is 2.85. The Balaban J connectivity index is 1.50. The van der Waals surface area contributed by atoms with Crippen LogP contribution in [0.15, 0.2) is 72.9 Å². The van der Waals surface area contributed by atoms with Gasteiger partial charge in [-0.25, -0.2) is 4.79 Å². The van der Waals surface area contributed by atoms with Crippen LogP contribution in [-0.2, 0) is 11.2 Å². The molecule has 1 aliphatic heterocycles. The zero-order valence-corrected chi connectivity index (χ0v) is 25.0. The third-order valence-corrected chi connectivity index (χ3v) is 8.29. The number of aryl methyl sites for hydroxylation is 3. The Morgan fingerprint density at radius 2 is 1.81 bits per heavy atom. The lowest BCUT2D eigenvalue weighted by Crippen LogP contribution is -2.33. The predicted molar refractivity (Wildman–Crippen MR) is 168 cm³/mol. The van der Waals surface area contributed by atoms with Gasteiger partial charge in [0, 0.05) is 41.9 Å². The van der Waals surface area contributed by atoms with Crippen molar-refractivity contribution in [2.75, 3.05) is 11.9 Å². The van der Waals surface area contributed by atoms with Crippen LogP contribution in [0.1, 0.15) is 69.6 Å². The van der Waals surface area contributed by atoms with E-state index in [1.54, 1.807) is 18.3 Å². The third-order valence-electron chi connectivity index (χ3n) is 7.94. The third kappa shape index (κ3) is 5.65. The van der Waals surface area contributed by atoms with Gasteiger partial charge in [-0.05, 0) is 92.5 Å². The van der Waals surface area contributed by atoms with E-state index >= 15 is 0 Å². The molecule has 5 rings (SSSR count). The average Bonchev–Trinajstić information content (AvgIpc) is 3.46. The highest BCUT2D eigenvalue weighted by atomic mass is 32.1. The molecular formula is C33H35N5O3S. The van der Waals surface area contributed by atoms with Crippen molar-refractivity contribution >= 4 is 34.9 Å². The van der Waals surface area contributed by atoms with Gasteiger partial charge < -0.3 is 25.2 Å². The van der Waals surface area contributed by atoms with E-state index in [-0.39, 0.29) is 30.0 Å². The molecule has 3 heterocycles. The van der Waals surface area contributed by atoms with Gasteiger partial charge in [0.2, 0.25) is 5.91 Å². The maximum absolute atomic E-state index is 13.1. The number of carboxylic acids is 1.